The van der Waals surface area contributed by atoms with Gasteiger partial charge in [-0.2, -0.15) is 38.1 Å². The molecule has 0 heterocycles. The molecule has 0 radical (unpaired) electrons. The number of nitrogens with one attached hydrogen (secondary N) is 1. The Labute approximate surface area is 236 Å². The normalized spacial score (nSPS) is 14.8. The van der Waals surface area contributed by atoms with Crippen molar-refractivity contribution in [3.8, 4) is 0 Å². The summed E-state index contributed by atoms with van der Waals surface area (Å²) in [7, 11) is 0. The molecule has 2 aromatic rings. The molecule has 0 aliphatic rings. The van der Waals surface area contributed by atoms with E-state index in [1.165, 1.54) is 6.92 Å². The number of thioether (sulfide) groups is 1. The Morgan fingerprint density at radius 1 is 1.00 bits per heavy atom. The molecule has 39 heavy (non-hydrogen) atoms. The Morgan fingerprint density at radius 3 is 2.05 bits per heavy atom. The number of carbonyl (C=O) groups is 1. The van der Waals surface area contributed by atoms with E-state index in [-0.39, 0.29) is 32.5 Å². The summed E-state index contributed by atoms with van der Waals surface area (Å²) in [4.78, 5) is 12.5. The summed E-state index contributed by atoms with van der Waals surface area (Å²) >= 11 is 18.0. The molecule has 0 saturated carbocycles. The molecule has 0 spiro atoms. The fraction of sp³-hybridized carbons (Fsp3) is 0.375. The predicted molar refractivity (Wildman–Crippen MR) is 136 cm³/mol. The summed E-state index contributed by atoms with van der Waals surface area (Å²) in [6.07, 6.45) is -9.23. The smallest absolute Gasteiger partial charge is 0.349 e. The first-order chi connectivity index (χ1) is 17.7. The number of rotatable bonds is 9. The number of halogens is 12. The summed E-state index contributed by atoms with van der Waals surface area (Å²) in [5.74, 6) is -9.82. The van der Waals surface area contributed by atoms with Gasteiger partial charge < -0.3 is 5.32 Å². The van der Waals surface area contributed by atoms with Gasteiger partial charge in [0.05, 0.1) is 37.9 Å². The standard InChI is InChI=1S/C24H19Cl3F9NOS/c1-11(9-39-10-23(31,32)33)37-21(38)14-4-3-12(5-16(14)24(34,35)36)19(28)8-15(22(2,29)30)13-6-17(25)20(27)18(26)7-13/h3-8,11,15H,9-10H2,1-2H3,(H,37,38)/b19-8-. The molecule has 15 heteroatoms. The molecule has 2 rings (SSSR count). The Bertz CT molecular complexity index is 1200. The van der Waals surface area contributed by atoms with Gasteiger partial charge in [0, 0.05) is 24.3 Å². The van der Waals surface area contributed by atoms with Crippen LogP contribution >= 0.6 is 46.6 Å². The zero-order chi connectivity index (χ0) is 29.9. The molecule has 0 aliphatic carbocycles. The van der Waals surface area contributed by atoms with Crippen molar-refractivity contribution >= 4 is 58.3 Å². The van der Waals surface area contributed by atoms with Gasteiger partial charge in [0.15, 0.2) is 0 Å². The molecule has 2 nitrogen and oxygen atoms in total. The van der Waals surface area contributed by atoms with Crippen LogP contribution < -0.4 is 5.32 Å². The van der Waals surface area contributed by atoms with Crippen LogP contribution in [0.15, 0.2) is 36.4 Å². The monoisotopic (exact) mass is 645 g/mol. The molecule has 0 bridgehead atoms. The van der Waals surface area contributed by atoms with Crippen LogP contribution in [0.4, 0.5) is 39.5 Å². The Kier molecular flexibility index (Phi) is 11.0. The van der Waals surface area contributed by atoms with E-state index in [0.29, 0.717) is 30.8 Å². The number of benzene rings is 2. The van der Waals surface area contributed by atoms with Gasteiger partial charge in [-0.05, 0) is 42.8 Å². The average Bonchev–Trinajstić information content (AvgIpc) is 2.77. The first kappa shape index (κ1) is 33.4. The van der Waals surface area contributed by atoms with E-state index in [2.05, 4.69) is 5.32 Å². The van der Waals surface area contributed by atoms with Crippen LogP contribution in [0.1, 0.15) is 46.8 Å². The zero-order valence-electron chi connectivity index (χ0n) is 19.9. The lowest BCUT2D eigenvalue weighted by atomic mass is 9.91. The predicted octanol–water partition coefficient (Wildman–Crippen LogP) is 9.83. The average molecular weight is 647 g/mol. The highest BCUT2D eigenvalue weighted by molar-refractivity contribution is 7.99. The van der Waals surface area contributed by atoms with Gasteiger partial charge in [-0.15, -0.1) is 0 Å². The first-order valence-corrected chi connectivity index (χ1v) is 13.1. The minimum absolute atomic E-state index is 0.137. The summed E-state index contributed by atoms with van der Waals surface area (Å²) in [5, 5.41) is 1.61. The molecule has 0 fully saturated rings. The minimum Gasteiger partial charge on any atom is -0.349 e. The summed E-state index contributed by atoms with van der Waals surface area (Å²) < 4.78 is 122. The molecule has 2 unspecified atom stereocenters. The van der Waals surface area contributed by atoms with E-state index in [0.717, 1.165) is 18.2 Å². The molecule has 0 aromatic heterocycles. The summed E-state index contributed by atoms with van der Waals surface area (Å²) in [6, 6.07) is 2.80. The van der Waals surface area contributed by atoms with Crippen LogP contribution in [0.3, 0.4) is 0 Å². The molecular weight excluding hydrogens is 628 g/mol. The Balaban J connectivity index is 2.42. The molecule has 216 valence electrons. The van der Waals surface area contributed by atoms with Gasteiger partial charge in [0.1, 0.15) is 5.83 Å². The SMILES string of the molecule is CC(CSCC(F)(F)F)NC(=O)c1ccc(/C(F)=C/C(c2cc(Cl)c(Cl)c(Cl)c2)C(C)(F)F)cc1C(F)(F)F. The number of carbonyl (C=O) groups excluding carboxylic acids is 1. The van der Waals surface area contributed by atoms with Gasteiger partial charge in [-0.1, -0.05) is 40.9 Å². The molecule has 1 amide bonds. The number of hydrogen-bond acceptors (Lipinski definition) is 2. The van der Waals surface area contributed by atoms with E-state index in [9.17, 15) is 39.9 Å². The van der Waals surface area contributed by atoms with Gasteiger partial charge in [-0.3, -0.25) is 4.79 Å². The molecule has 1 N–H and O–H groups in total. The van der Waals surface area contributed by atoms with Gasteiger partial charge >= 0.3 is 12.4 Å². The second-order valence-electron chi connectivity index (χ2n) is 8.51. The van der Waals surface area contributed by atoms with Crippen molar-refractivity contribution in [2.75, 3.05) is 11.5 Å². The van der Waals surface area contributed by atoms with Crippen LogP contribution in [-0.4, -0.2) is 35.6 Å². The quantitative estimate of drug-likeness (QED) is 0.217. The van der Waals surface area contributed by atoms with Crippen molar-refractivity contribution in [2.24, 2.45) is 0 Å². The van der Waals surface area contributed by atoms with Crippen molar-refractivity contribution in [3.63, 3.8) is 0 Å². The number of alkyl halides is 8. The molecule has 0 aliphatic heterocycles. The van der Waals surface area contributed by atoms with E-state index < -0.39 is 64.4 Å². The fourth-order valence-electron chi connectivity index (χ4n) is 3.35. The van der Waals surface area contributed by atoms with Crippen LogP contribution in [0.5, 0.6) is 0 Å². The van der Waals surface area contributed by atoms with Crippen LogP contribution in [-0.2, 0) is 6.18 Å². The zero-order valence-corrected chi connectivity index (χ0v) is 23.0. The molecule has 2 atom stereocenters. The number of amides is 1. The lowest BCUT2D eigenvalue weighted by Gasteiger charge is -2.22. The van der Waals surface area contributed by atoms with Crippen LogP contribution in [0.25, 0.3) is 5.83 Å². The van der Waals surface area contributed by atoms with Crippen LogP contribution in [0, 0.1) is 0 Å². The number of allylic oxidation sites excluding steroid dienone is 1. The highest BCUT2D eigenvalue weighted by Gasteiger charge is 2.38. The first-order valence-electron chi connectivity index (χ1n) is 10.8. The van der Waals surface area contributed by atoms with Crippen molar-refractivity contribution in [2.45, 2.75) is 44.1 Å². The molecule has 2 aromatic carbocycles. The van der Waals surface area contributed by atoms with E-state index in [1.807, 2.05) is 0 Å². The lowest BCUT2D eigenvalue weighted by molar-refractivity contribution is -0.138. The maximum atomic E-state index is 15.1. The summed E-state index contributed by atoms with van der Waals surface area (Å²) in [5.41, 5.74) is -3.52. The highest BCUT2D eigenvalue weighted by Crippen LogP contribution is 2.42. The molecular formula is C24H19Cl3F9NOS. The maximum Gasteiger partial charge on any atom is 0.417 e. The van der Waals surface area contributed by atoms with Gasteiger partial charge in [-0.25, -0.2) is 13.2 Å². The number of hydrogen-bond donors (Lipinski definition) is 1. The van der Waals surface area contributed by atoms with Gasteiger partial charge in [0.2, 0.25) is 0 Å². The van der Waals surface area contributed by atoms with Gasteiger partial charge in [0.25, 0.3) is 11.8 Å². The van der Waals surface area contributed by atoms with Crippen molar-refractivity contribution in [1.82, 2.24) is 5.32 Å². The van der Waals surface area contributed by atoms with E-state index in [4.69, 9.17) is 34.8 Å². The van der Waals surface area contributed by atoms with E-state index >= 15 is 4.39 Å². The largest absolute Gasteiger partial charge is 0.417 e. The van der Waals surface area contributed by atoms with Crippen molar-refractivity contribution in [1.29, 1.82) is 0 Å². The minimum atomic E-state index is -5.16. The Hall–Kier alpha value is -1.76. The topological polar surface area (TPSA) is 29.1 Å². The lowest BCUT2D eigenvalue weighted by Crippen LogP contribution is -2.35. The third-order valence-corrected chi connectivity index (χ3v) is 7.54. The fourth-order valence-corrected chi connectivity index (χ4v) is 4.75. The van der Waals surface area contributed by atoms with Crippen molar-refractivity contribution < 1.29 is 44.3 Å². The third kappa shape index (κ3) is 9.68. The Morgan fingerprint density at radius 2 is 1.56 bits per heavy atom. The molecule has 0 saturated heterocycles. The summed E-state index contributed by atoms with van der Waals surface area (Å²) in [6.45, 7) is 1.76. The third-order valence-electron chi connectivity index (χ3n) is 5.08. The maximum absolute atomic E-state index is 15.1. The second-order valence-corrected chi connectivity index (χ2v) is 10.7. The van der Waals surface area contributed by atoms with Crippen LogP contribution in [0.2, 0.25) is 15.1 Å². The van der Waals surface area contributed by atoms with E-state index in [1.54, 1.807) is 0 Å². The second kappa shape index (κ2) is 12.8. The highest BCUT2D eigenvalue weighted by atomic mass is 35.5. The van der Waals surface area contributed by atoms with Crippen molar-refractivity contribution in [3.05, 3.63) is 73.7 Å².